The molecule has 0 saturated heterocycles. The molecule has 1 heterocycles. The van der Waals surface area contributed by atoms with Crippen LogP contribution < -0.4 is 10.2 Å². The Morgan fingerprint density at radius 1 is 1.19 bits per heavy atom. The molecule has 1 atom stereocenters. The van der Waals surface area contributed by atoms with Crippen LogP contribution in [0.1, 0.15) is 22.8 Å². The number of carbonyl (C=O) groups excluding carboxylic acids is 1. The van der Waals surface area contributed by atoms with Crippen molar-refractivity contribution >= 4 is 27.5 Å². The molecular formula is C17H17BrN2O. The molecule has 21 heavy (non-hydrogen) atoms. The third-order valence-corrected chi connectivity index (χ3v) is 4.24. The van der Waals surface area contributed by atoms with E-state index < -0.39 is 0 Å². The summed E-state index contributed by atoms with van der Waals surface area (Å²) >= 11 is 3.40. The van der Waals surface area contributed by atoms with Gasteiger partial charge in [0.1, 0.15) is 0 Å². The number of amides is 1. The van der Waals surface area contributed by atoms with E-state index in [1.165, 1.54) is 0 Å². The summed E-state index contributed by atoms with van der Waals surface area (Å²) in [6.45, 7) is 3.57. The molecule has 2 aromatic rings. The van der Waals surface area contributed by atoms with Crippen LogP contribution in [-0.2, 0) is 6.54 Å². The summed E-state index contributed by atoms with van der Waals surface area (Å²) in [7, 11) is 0. The number of carbonyl (C=O) groups is 1. The molecule has 108 valence electrons. The molecule has 0 saturated carbocycles. The number of nitrogens with zero attached hydrogens (tertiary/aromatic N) is 1. The fourth-order valence-corrected chi connectivity index (χ4v) is 2.85. The lowest BCUT2D eigenvalue weighted by Crippen LogP contribution is -2.39. The first kappa shape index (κ1) is 14.3. The van der Waals surface area contributed by atoms with Crippen molar-refractivity contribution in [2.75, 3.05) is 11.4 Å². The molecule has 2 aromatic carbocycles. The standard InChI is InChI=1S/C17H17BrN2O/c1-12-11-20(16-5-3-2-4-14(16)10-19-12)17(21)13-6-8-15(18)9-7-13/h2-9,12,19H,10-11H2,1H3. The van der Waals surface area contributed by atoms with Crippen molar-refractivity contribution in [1.29, 1.82) is 0 Å². The predicted octanol–water partition coefficient (Wildman–Crippen LogP) is 3.59. The number of benzene rings is 2. The molecule has 0 aromatic heterocycles. The van der Waals surface area contributed by atoms with Crippen molar-refractivity contribution in [3.8, 4) is 0 Å². The van der Waals surface area contributed by atoms with Gasteiger partial charge in [-0.05, 0) is 42.8 Å². The van der Waals surface area contributed by atoms with E-state index in [-0.39, 0.29) is 11.9 Å². The van der Waals surface area contributed by atoms with Crippen molar-refractivity contribution in [2.45, 2.75) is 19.5 Å². The smallest absolute Gasteiger partial charge is 0.258 e. The van der Waals surface area contributed by atoms with Crippen LogP contribution in [0.3, 0.4) is 0 Å². The average molecular weight is 345 g/mol. The molecule has 1 unspecified atom stereocenters. The number of anilines is 1. The number of fused-ring (bicyclic) bond motifs is 1. The first-order chi connectivity index (χ1) is 10.1. The molecule has 0 radical (unpaired) electrons. The van der Waals surface area contributed by atoms with Crippen LogP contribution in [0.4, 0.5) is 5.69 Å². The second kappa shape index (κ2) is 6.00. The van der Waals surface area contributed by atoms with Gasteiger partial charge in [-0.15, -0.1) is 0 Å². The van der Waals surface area contributed by atoms with E-state index in [2.05, 4.69) is 34.2 Å². The Hall–Kier alpha value is -1.65. The zero-order chi connectivity index (χ0) is 14.8. The second-order valence-electron chi connectivity index (χ2n) is 5.33. The van der Waals surface area contributed by atoms with Gasteiger partial charge in [0.25, 0.3) is 5.91 Å². The van der Waals surface area contributed by atoms with Crippen LogP contribution in [-0.4, -0.2) is 18.5 Å². The van der Waals surface area contributed by atoms with Crippen molar-refractivity contribution in [3.05, 3.63) is 64.1 Å². The minimum absolute atomic E-state index is 0.0468. The van der Waals surface area contributed by atoms with Crippen LogP contribution in [0.2, 0.25) is 0 Å². The summed E-state index contributed by atoms with van der Waals surface area (Å²) in [4.78, 5) is 14.7. The SMILES string of the molecule is CC1CN(C(=O)c2ccc(Br)cc2)c2ccccc2CN1. The highest BCUT2D eigenvalue weighted by Gasteiger charge is 2.24. The molecule has 3 nitrogen and oxygen atoms in total. The summed E-state index contributed by atoms with van der Waals surface area (Å²) in [5.74, 6) is 0.0468. The molecule has 1 N–H and O–H groups in total. The second-order valence-corrected chi connectivity index (χ2v) is 6.25. The van der Waals surface area contributed by atoms with Gasteiger partial charge in [-0.1, -0.05) is 34.1 Å². The summed E-state index contributed by atoms with van der Waals surface area (Å²) < 4.78 is 0.977. The van der Waals surface area contributed by atoms with Gasteiger partial charge in [-0.2, -0.15) is 0 Å². The van der Waals surface area contributed by atoms with E-state index in [0.29, 0.717) is 12.1 Å². The average Bonchev–Trinajstić information content (AvgIpc) is 2.67. The van der Waals surface area contributed by atoms with Gasteiger partial charge in [0.2, 0.25) is 0 Å². The van der Waals surface area contributed by atoms with Gasteiger partial charge in [0.15, 0.2) is 0 Å². The quantitative estimate of drug-likeness (QED) is 0.857. The number of halogens is 1. The Bertz CT molecular complexity index is 654. The zero-order valence-electron chi connectivity index (χ0n) is 11.8. The zero-order valence-corrected chi connectivity index (χ0v) is 13.4. The predicted molar refractivity (Wildman–Crippen MR) is 88.6 cm³/mol. The Morgan fingerprint density at radius 3 is 2.67 bits per heavy atom. The molecule has 4 heteroatoms. The lowest BCUT2D eigenvalue weighted by Gasteiger charge is -2.24. The highest BCUT2D eigenvalue weighted by molar-refractivity contribution is 9.10. The molecule has 0 fully saturated rings. The topological polar surface area (TPSA) is 32.3 Å². The van der Waals surface area contributed by atoms with Gasteiger partial charge in [-0.3, -0.25) is 4.79 Å². The number of hydrogen-bond acceptors (Lipinski definition) is 2. The highest BCUT2D eigenvalue weighted by Crippen LogP contribution is 2.25. The lowest BCUT2D eigenvalue weighted by atomic mass is 10.1. The normalized spacial score (nSPS) is 18.0. The number of nitrogens with one attached hydrogen (secondary N) is 1. The minimum Gasteiger partial charge on any atom is -0.308 e. The first-order valence-electron chi connectivity index (χ1n) is 7.04. The maximum Gasteiger partial charge on any atom is 0.258 e. The Kier molecular flexibility index (Phi) is 4.08. The van der Waals surface area contributed by atoms with Gasteiger partial charge in [0.05, 0.1) is 0 Å². The summed E-state index contributed by atoms with van der Waals surface area (Å²) in [6, 6.07) is 15.9. The highest BCUT2D eigenvalue weighted by atomic mass is 79.9. The van der Waals surface area contributed by atoms with Crippen molar-refractivity contribution in [3.63, 3.8) is 0 Å². The number of para-hydroxylation sites is 1. The molecule has 0 spiro atoms. The van der Waals surface area contributed by atoms with Crippen molar-refractivity contribution in [2.24, 2.45) is 0 Å². The Morgan fingerprint density at radius 2 is 1.90 bits per heavy atom. The summed E-state index contributed by atoms with van der Waals surface area (Å²) in [5, 5.41) is 3.44. The molecule has 1 aliphatic heterocycles. The van der Waals surface area contributed by atoms with Crippen molar-refractivity contribution < 1.29 is 4.79 Å². The van der Waals surface area contributed by atoms with Gasteiger partial charge in [0, 0.05) is 34.9 Å². The minimum atomic E-state index is 0.0468. The molecule has 3 rings (SSSR count). The van der Waals surface area contributed by atoms with Crippen LogP contribution in [0.25, 0.3) is 0 Å². The van der Waals surface area contributed by atoms with E-state index in [4.69, 9.17) is 0 Å². The summed E-state index contributed by atoms with van der Waals surface area (Å²) in [5.41, 5.74) is 2.87. The van der Waals surface area contributed by atoms with Gasteiger partial charge >= 0.3 is 0 Å². The lowest BCUT2D eigenvalue weighted by molar-refractivity contribution is 0.0985. The van der Waals surface area contributed by atoms with Crippen LogP contribution in [0, 0.1) is 0 Å². The van der Waals surface area contributed by atoms with E-state index in [0.717, 1.165) is 22.3 Å². The van der Waals surface area contributed by atoms with Crippen LogP contribution >= 0.6 is 15.9 Å². The van der Waals surface area contributed by atoms with E-state index in [1.54, 1.807) is 0 Å². The molecule has 1 amide bonds. The molecule has 0 aliphatic carbocycles. The van der Waals surface area contributed by atoms with E-state index >= 15 is 0 Å². The summed E-state index contributed by atoms with van der Waals surface area (Å²) in [6.07, 6.45) is 0. The third-order valence-electron chi connectivity index (χ3n) is 3.72. The first-order valence-corrected chi connectivity index (χ1v) is 7.83. The Labute approximate surface area is 133 Å². The van der Waals surface area contributed by atoms with Crippen LogP contribution in [0.15, 0.2) is 53.0 Å². The van der Waals surface area contributed by atoms with Crippen LogP contribution in [0.5, 0.6) is 0 Å². The molecular weight excluding hydrogens is 328 g/mol. The molecule has 0 bridgehead atoms. The van der Waals surface area contributed by atoms with E-state index in [9.17, 15) is 4.79 Å². The largest absolute Gasteiger partial charge is 0.308 e. The van der Waals surface area contributed by atoms with Crippen molar-refractivity contribution in [1.82, 2.24) is 5.32 Å². The number of hydrogen-bond donors (Lipinski definition) is 1. The fourth-order valence-electron chi connectivity index (χ4n) is 2.59. The Balaban J connectivity index is 1.99. The van der Waals surface area contributed by atoms with Gasteiger partial charge in [-0.25, -0.2) is 0 Å². The van der Waals surface area contributed by atoms with E-state index in [1.807, 2.05) is 47.4 Å². The maximum absolute atomic E-state index is 12.9. The maximum atomic E-state index is 12.9. The fraction of sp³-hybridized carbons (Fsp3) is 0.235. The number of rotatable bonds is 1. The molecule has 1 aliphatic rings. The monoisotopic (exact) mass is 344 g/mol. The van der Waals surface area contributed by atoms with Gasteiger partial charge < -0.3 is 10.2 Å². The third kappa shape index (κ3) is 3.01.